The van der Waals surface area contributed by atoms with E-state index in [0.717, 1.165) is 39.7 Å². The van der Waals surface area contributed by atoms with Crippen molar-refractivity contribution in [2.75, 3.05) is 5.32 Å². The first-order chi connectivity index (χ1) is 11.7. The fourth-order valence-electron chi connectivity index (χ4n) is 2.86. The first-order valence-corrected chi connectivity index (χ1v) is 7.82. The maximum atomic E-state index is 4.72. The molecule has 0 unspecified atom stereocenters. The standard InChI is InChI=1S/C19H17N5/c1-13-12-17(22-16-8-10-20-11-9-16)24-19(21-13)18(14(2)23-24)15-6-4-3-5-7-15/h3-12H,1-2H3,(H,20,22). The predicted molar refractivity (Wildman–Crippen MR) is 95.4 cm³/mol. The smallest absolute Gasteiger partial charge is 0.165 e. The van der Waals surface area contributed by atoms with E-state index in [1.165, 1.54) is 0 Å². The van der Waals surface area contributed by atoms with Gasteiger partial charge in [0, 0.05) is 35.4 Å². The van der Waals surface area contributed by atoms with Crippen LogP contribution in [0.3, 0.4) is 0 Å². The predicted octanol–water partition coefficient (Wildman–Crippen LogP) is 4.15. The van der Waals surface area contributed by atoms with Gasteiger partial charge in [-0.3, -0.25) is 4.98 Å². The Bertz CT molecular complexity index is 991. The highest BCUT2D eigenvalue weighted by Gasteiger charge is 2.15. The van der Waals surface area contributed by atoms with Gasteiger partial charge in [0.2, 0.25) is 0 Å². The van der Waals surface area contributed by atoms with Crippen molar-refractivity contribution in [3.8, 4) is 11.1 Å². The van der Waals surface area contributed by atoms with Gasteiger partial charge in [0.1, 0.15) is 5.82 Å². The van der Waals surface area contributed by atoms with Crippen LogP contribution in [0.4, 0.5) is 11.5 Å². The van der Waals surface area contributed by atoms with E-state index in [4.69, 9.17) is 10.1 Å². The zero-order chi connectivity index (χ0) is 16.5. The molecule has 0 fully saturated rings. The Hall–Kier alpha value is -3.21. The Kier molecular flexibility index (Phi) is 3.46. The fourth-order valence-corrected chi connectivity index (χ4v) is 2.86. The maximum Gasteiger partial charge on any atom is 0.165 e. The van der Waals surface area contributed by atoms with Crippen LogP contribution in [0.2, 0.25) is 0 Å². The highest BCUT2D eigenvalue weighted by atomic mass is 15.3. The van der Waals surface area contributed by atoms with E-state index >= 15 is 0 Å². The van der Waals surface area contributed by atoms with Crippen molar-refractivity contribution in [1.82, 2.24) is 19.6 Å². The molecule has 0 saturated heterocycles. The van der Waals surface area contributed by atoms with Crippen LogP contribution in [0.5, 0.6) is 0 Å². The van der Waals surface area contributed by atoms with E-state index in [0.29, 0.717) is 0 Å². The number of aryl methyl sites for hydroxylation is 2. The van der Waals surface area contributed by atoms with Crippen LogP contribution in [0.25, 0.3) is 16.8 Å². The average molecular weight is 315 g/mol. The van der Waals surface area contributed by atoms with Crippen molar-refractivity contribution in [2.45, 2.75) is 13.8 Å². The quantitative estimate of drug-likeness (QED) is 0.617. The highest BCUT2D eigenvalue weighted by molar-refractivity contribution is 5.81. The minimum atomic E-state index is 0.857. The summed E-state index contributed by atoms with van der Waals surface area (Å²) in [6, 6.07) is 16.1. The molecule has 0 radical (unpaired) electrons. The Balaban J connectivity index is 1.91. The van der Waals surface area contributed by atoms with Crippen molar-refractivity contribution in [3.63, 3.8) is 0 Å². The molecule has 4 rings (SSSR count). The van der Waals surface area contributed by atoms with Crippen LogP contribution in [0.15, 0.2) is 60.9 Å². The lowest BCUT2D eigenvalue weighted by atomic mass is 10.1. The second kappa shape index (κ2) is 5.77. The molecule has 0 aliphatic heterocycles. The summed E-state index contributed by atoms with van der Waals surface area (Å²) in [6.07, 6.45) is 3.52. The van der Waals surface area contributed by atoms with E-state index < -0.39 is 0 Å². The van der Waals surface area contributed by atoms with Crippen molar-refractivity contribution in [2.24, 2.45) is 0 Å². The molecule has 1 N–H and O–H groups in total. The van der Waals surface area contributed by atoms with E-state index in [9.17, 15) is 0 Å². The second-order valence-electron chi connectivity index (χ2n) is 5.71. The molecule has 0 aliphatic rings. The number of aromatic nitrogens is 4. The van der Waals surface area contributed by atoms with Crippen LogP contribution >= 0.6 is 0 Å². The SMILES string of the molecule is Cc1cc(Nc2ccncc2)n2nc(C)c(-c3ccccc3)c2n1. The number of fused-ring (bicyclic) bond motifs is 1. The van der Waals surface area contributed by atoms with Gasteiger partial charge < -0.3 is 5.32 Å². The number of anilines is 2. The molecule has 0 bridgehead atoms. The molecule has 3 heterocycles. The summed E-state index contributed by atoms with van der Waals surface area (Å²) in [7, 11) is 0. The Morgan fingerprint density at radius 1 is 0.958 bits per heavy atom. The molecule has 5 heteroatoms. The molecular weight excluding hydrogens is 298 g/mol. The monoisotopic (exact) mass is 315 g/mol. The highest BCUT2D eigenvalue weighted by Crippen LogP contribution is 2.29. The summed E-state index contributed by atoms with van der Waals surface area (Å²) in [5, 5.41) is 8.10. The van der Waals surface area contributed by atoms with Gasteiger partial charge in [0.25, 0.3) is 0 Å². The summed E-state index contributed by atoms with van der Waals surface area (Å²) in [4.78, 5) is 8.77. The van der Waals surface area contributed by atoms with E-state index in [2.05, 4.69) is 22.4 Å². The lowest BCUT2D eigenvalue weighted by Gasteiger charge is -2.09. The molecule has 24 heavy (non-hydrogen) atoms. The zero-order valence-corrected chi connectivity index (χ0v) is 13.6. The third-order valence-corrected chi connectivity index (χ3v) is 3.91. The first-order valence-electron chi connectivity index (χ1n) is 7.82. The van der Waals surface area contributed by atoms with Gasteiger partial charge in [-0.2, -0.15) is 9.61 Å². The number of hydrogen-bond acceptors (Lipinski definition) is 4. The Labute approximate surface area is 140 Å². The lowest BCUT2D eigenvalue weighted by Crippen LogP contribution is -2.02. The molecule has 3 aromatic heterocycles. The molecule has 1 aromatic carbocycles. The minimum absolute atomic E-state index is 0.857. The average Bonchev–Trinajstić information content (AvgIpc) is 2.93. The third kappa shape index (κ3) is 2.50. The zero-order valence-electron chi connectivity index (χ0n) is 13.6. The van der Waals surface area contributed by atoms with Gasteiger partial charge >= 0.3 is 0 Å². The van der Waals surface area contributed by atoms with Crippen LogP contribution in [0, 0.1) is 13.8 Å². The van der Waals surface area contributed by atoms with E-state index in [-0.39, 0.29) is 0 Å². The third-order valence-electron chi connectivity index (χ3n) is 3.91. The minimum Gasteiger partial charge on any atom is -0.340 e. The number of hydrogen-bond donors (Lipinski definition) is 1. The molecule has 0 atom stereocenters. The largest absolute Gasteiger partial charge is 0.340 e. The van der Waals surface area contributed by atoms with Crippen LogP contribution < -0.4 is 5.32 Å². The lowest BCUT2D eigenvalue weighted by molar-refractivity contribution is 0.917. The van der Waals surface area contributed by atoms with Gasteiger partial charge in [0.15, 0.2) is 5.65 Å². The summed E-state index contributed by atoms with van der Waals surface area (Å²) < 4.78 is 1.87. The summed E-state index contributed by atoms with van der Waals surface area (Å²) in [6.45, 7) is 4.01. The van der Waals surface area contributed by atoms with Gasteiger partial charge in [0.05, 0.1) is 5.69 Å². The van der Waals surface area contributed by atoms with Crippen LogP contribution in [0.1, 0.15) is 11.4 Å². The second-order valence-corrected chi connectivity index (χ2v) is 5.71. The Morgan fingerprint density at radius 2 is 1.71 bits per heavy atom. The molecule has 5 nitrogen and oxygen atoms in total. The van der Waals surface area contributed by atoms with Crippen molar-refractivity contribution in [3.05, 3.63) is 72.3 Å². The number of nitrogens with one attached hydrogen (secondary N) is 1. The summed E-state index contributed by atoms with van der Waals surface area (Å²) >= 11 is 0. The fraction of sp³-hybridized carbons (Fsp3) is 0.105. The van der Waals surface area contributed by atoms with Gasteiger partial charge in [-0.15, -0.1) is 0 Å². The molecular formula is C19H17N5. The van der Waals surface area contributed by atoms with Gasteiger partial charge in [-0.05, 0) is 31.5 Å². The van der Waals surface area contributed by atoms with Crippen molar-refractivity contribution in [1.29, 1.82) is 0 Å². The van der Waals surface area contributed by atoms with Gasteiger partial charge in [-0.25, -0.2) is 4.98 Å². The van der Waals surface area contributed by atoms with E-state index in [1.54, 1.807) is 12.4 Å². The van der Waals surface area contributed by atoms with Gasteiger partial charge in [-0.1, -0.05) is 30.3 Å². The maximum absolute atomic E-state index is 4.72. The van der Waals surface area contributed by atoms with E-state index in [1.807, 2.05) is 54.8 Å². The molecule has 4 aromatic rings. The summed E-state index contributed by atoms with van der Waals surface area (Å²) in [5.74, 6) is 0.883. The topological polar surface area (TPSA) is 55.1 Å². The van der Waals surface area contributed by atoms with Crippen molar-refractivity contribution < 1.29 is 0 Å². The molecule has 0 amide bonds. The number of rotatable bonds is 3. The number of pyridine rings is 1. The first kappa shape index (κ1) is 14.4. The van der Waals surface area contributed by atoms with Crippen LogP contribution in [-0.4, -0.2) is 19.6 Å². The number of nitrogens with zero attached hydrogens (tertiary/aromatic N) is 4. The normalized spacial score (nSPS) is 10.9. The molecule has 0 spiro atoms. The molecule has 118 valence electrons. The van der Waals surface area contributed by atoms with Crippen molar-refractivity contribution >= 4 is 17.2 Å². The molecule has 0 aliphatic carbocycles. The Morgan fingerprint density at radius 3 is 2.46 bits per heavy atom. The van der Waals surface area contributed by atoms with Crippen LogP contribution in [-0.2, 0) is 0 Å². The molecule has 0 saturated carbocycles. The summed E-state index contributed by atoms with van der Waals surface area (Å²) in [5.41, 5.74) is 5.91. The number of benzene rings is 1.